The number of benzene rings is 1. The van der Waals surface area contributed by atoms with Crippen LogP contribution in [0.15, 0.2) is 41.8 Å². The Balaban J connectivity index is 1.87. The van der Waals surface area contributed by atoms with Gasteiger partial charge in [-0.1, -0.05) is 29.8 Å². The third kappa shape index (κ3) is 5.13. The van der Waals surface area contributed by atoms with Crippen molar-refractivity contribution in [2.45, 2.75) is 18.9 Å². The van der Waals surface area contributed by atoms with Crippen molar-refractivity contribution in [1.82, 2.24) is 10.2 Å². The molecule has 1 aromatic heterocycles. The Hall–Kier alpha value is -1.36. The van der Waals surface area contributed by atoms with E-state index in [0.29, 0.717) is 18.0 Å². The van der Waals surface area contributed by atoms with Crippen LogP contribution in [0.2, 0.25) is 5.02 Å². The van der Waals surface area contributed by atoms with E-state index in [0.717, 1.165) is 12.0 Å². The minimum absolute atomic E-state index is 0.0854. The highest BCUT2D eigenvalue weighted by Gasteiger charge is 2.15. The molecule has 1 heterocycles. The SMILES string of the molecule is CN(C)C(CNC(=O)CCc1cccs1)c1cccc(Cl)c1. The normalized spacial score (nSPS) is 12.4. The van der Waals surface area contributed by atoms with Crippen molar-refractivity contribution in [2.75, 3.05) is 20.6 Å². The maximum Gasteiger partial charge on any atom is 0.220 e. The molecule has 0 saturated carbocycles. The number of carbonyl (C=O) groups excluding carboxylic acids is 1. The van der Waals surface area contributed by atoms with Crippen LogP contribution in [0.5, 0.6) is 0 Å². The van der Waals surface area contributed by atoms with Gasteiger partial charge in [0.25, 0.3) is 0 Å². The second kappa shape index (κ2) is 8.32. The van der Waals surface area contributed by atoms with E-state index in [1.54, 1.807) is 11.3 Å². The van der Waals surface area contributed by atoms with Gasteiger partial charge in [0.05, 0.1) is 6.04 Å². The Morgan fingerprint density at radius 1 is 1.32 bits per heavy atom. The number of likely N-dealkylation sites (N-methyl/N-ethyl adjacent to an activating group) is 1. The summed E-state index contributed by atoms with van der Waals surface area (Å²) in [5.41, 5.74) is 1.11. The third-order valence-corrected chi connectivity index (χ3v) is 4.70. The first-order valence-electron chi connectivity index (χ1n) is 7.27. The van der Waals surface area contributed by atoms with Crippen molar-refractivity contribution in [1.29, 1.82) is 0 Å². The Labute approximate surface area is 140 Å². The van der Waals surface area contributed by atoms with Crippen LogP contribution in [0.1, 0.15) is 22.9 Å². The number of aryl methyl sites for hydroxylation is 1. The van der Waals surface area contributed by atoms with Gasteiger partial charge in [-0.25, -0.2) is 0 Å². The molecule has 22 heavy (non-hydrogen) atoms. The molecular formula is C17H21ClN2OS. The summed E-state index contributed by atoms with van der Waals surface area (Å²) in [5.74, 6) is 0.0854. The standard InChI is InChI=1S/C17H21ClN2OS/c1-20(2)16(13-5-3-6-14(18)11-13)12-19-17(21)9-8-15-7-4-10-22-15/h3-7,10-11,16H,8-9,12H2,1-2H3,(H,19,21). The number of nitrogens with zero attached hydrogens (tertiary/aromatic N) is 1. The van der Waals surface area contributed by atoms with E-state index in [9.17, 15) is 4.79 Å². The molecule has 0 saturated heterocycles. The van der Waals surface area contributed by atoms with E-state index < -0.39 is 0 Å². The van der Waals surface area contributed by atoms with Gasteiger partial charge in [-0.3, -0.25) is 4.79 Å². The Morgan fingerprint density at radius 2 is 2.14 bits per heavy atom. The summed E-state index contributed by atoms with van der Waals surface area (Å²) in [6.45, 7) is 0.580. The van der Waals surface area contributed by atoms with E-state index in [-0.39, 0.29) is 11.9 Å². The molecular weight excluding hydrogens is 316 g/mol. The highest BCUT2D eigenvalue weighted by Crippen LogP contribution is 2.21. The number of amides is 1. The van der Waals surface area contributed by atoms with Crippen LogP contribution in [-0.2, 0) is 11.2 Å². The molecule has 3 nitrogen and oxygen atoms in total. The van der Waals surface area contributed by atoms with Gasteiger partial charge in [0.2, 0.25) is 5.91 Å². The van der Waals surface area contributed by atoms with Crippen molar-refractivity contribution < 1.29 is 4.79 Å². The molecule has 1 atom stereocenters. The molecule has 0 aliphatic carbocycles. The highest BCUT2D eigenvalue weighted by molar-refractivity contribution is 7.09. The van der Waals surface area contributed by atoms with Gasteiger partial charge in [-0.05, 0) is 49.7 Å². The summed E-state index contributed by atoms with van der Waals surface area (Å²) in [7, 11) is 4.01. The largest absolute Gasteiger partial charge is 0.354 e. The minimum atomic E-state index is 0.0854. The number of thiophene rings is 1. The maximum absolute atomic E-state index is 12.0. The lowest BCUT2D eigenvalue weighted by Crippen LogP contribution is -2.34. The van der Waals surface area contributed by atoms with E-state index in [4.69, 9.17) is 11.6 Å². The Morgan fingerprint density at radius 3 is 2.77 bits per heavy atom. The number of rotatable bonds is 7. The maximum atomic E-state index is 12.0. The van der Waals surface area contributed by atoms with Crippen molar-refractivity contribution in [3.05, 3.63) is 57.2 Å². The summed E-state index contributed by atoms with van der Waals surface area (Å²) in [4.78, 5) is 15.3. The number of hydrogen-bond donors (Lipinski definition) is 1. The third-order valence-electron chi connectivity index (χ3n) is 3.53. The summed E-state index contributed by atoms with van der Waals surface area (Å²) >= 11 is 7.75. The minimum Gasteiger partial charge on any atom is -0.354 e. The quantitative estimate of drug-likeness (QED) is 0.835. The van der Waals surface area contributed by atoms with Gasteiger partial charge in [-0.15, -0.1) is 11.3 Å². The molecule has 0 bridgehead atoms. The lowest BCUT2D eigenvalue weighted by atomic mass is 10.1. The van der Waals surface area contributed by atoms with Gasteiger partial charge >= 0.3 is 0 Å². The van der Waals surface area contributed by atoms with Crippen LogP contribution in [0, 0.1) is 0 Å². The van der Waals surface area contributed by atoms with Gasteiger partial charge in [0.15, 0.2) is 0 Å². The first kappa shape index (κ1) is 17.0. The molecule has 0 radical (unpaired) electrons. The summed E-state index contributed by atoms with van der Waals surface area (Å²) in [6.07, 6.45) is 1.32. The van der Waals surface area contributed by atoms with Crippen LogP contribution in [0.3, 0.4) is 0 Å². The number of nitrogens with one attached hydrogen (secondary N) is 1. The fourth-order valence-corrected chi connectivity index (χ4v) is 3.21. The highest BCUT2D eigenvalue weighted by atomic mass is 35.5. The van der Waals surface area contributed by atoms with Crippen LogP contribution in [-0.4, -0.2) is 31.4 Å². The number of hydrogen-bond acceptors (Lipinski definition) is 3. The molecule has 5 heteroatoms. The van der Waals surface area contributed by atoms with Crippen LogP contribution < -0.4 is 5.32 Å². The predicted molar refractivity (Wildman–Crippen MR) is 93.5 cm³/mol. The molecule has 1 aromatic carbocycles. The Bertz CT molecular complexity index is 598. The van der Waals surface area contributed by atoms with Crippen LogP contribution in [0.4, 0.5) is 0 Å². The monoisotopic (exact) mass is 336 g/mol. The molecule has 118 valence electrons. The first-order chi connectivity index (χ1) is 10.6. The van der Waals surface area contributed by atoms with Gasteiger partial charge < -0.3 is 10.2 Å². The second-order valence-electron chi connectivity index (χ2n) is 5.42. The zero-order chi connectivity index (χ0) is 15.9. The average Bonchev–Trinajstić information content (AvgIpc) is 2.98. The lowest BCUT2D eigenvalue weighted by molar-refractivity contribution is -0.121. The number of carbonyl (C=O) groups is 1. The van der Waals surface area contributed by atoms with E-state index in [2.05, 4.69) is 16.3 Å². The zero-order valence-electron chi connectivity index (χ0n) is 12.9. The molecule has 1 amide bonds. The molecule has 1 unspecified atom stereocenters. The summed E-state index contributed by atoms with van der Waals surface area (Å²) in [5, 5.41) is 5.78. The van der Waals surface area contributed by atoms with Gasteiger partial charge in [-0.2, -0.15) is 0 Å². The molecule has 0 fully saturated rings. The molecule has 0 aliphatic heterocycles. The Kier molecular flexibility index (Phi) is 6.43. The van der Waals surface area contributed by atoms with Crippen molar-refractivity contribution in [2.24, 2.45) is 0 Å². The van der Waals surface area contributed by atoms with Gasteiger partial charge in [0.1, 0.15) is 0 Å². The average molecular weight is 337 g/mol. The summed E-state index contributed by atoms with van der Waals surface area (Å²) < 4.78 is 0. The van der Waals surface area contributed by atoms with E-state index >= 15 is 0 Å². The lowest BCUT2D eigenvalue weighted by Gasteiger charge is -2.25. The molecule has 0 spiro atoms. The van der Waals surface area contributed by atoms with E-state index in [1.807, 2.05) is 49.8 Å². The van der Waals surface area contributed by atoms with Crippen molar-refractivity contribution in [3.8, 4) is 0 Å². The molecule has 1 N–H and O–H groups in total. The second-order valence-corrected chi connectivity index (χ2v) is 6.89. The van der Waals surface area contributed by atoms with E-state index in [1.165, 1.54) is 4.88 Å². The van der Waals surface area contributed by atoms with Crippen LogP contribution >= 0.6 is 22.9 Å². The molecule has 2 rings (SSSR count). The predicted octanol–water partition coefficient (Wildman–Crippen LogP) is 3.75. The fourth-order valence-electron chi connectivity index (χ4n) is 2.30. The molecule has 0 aliphatic rings. The van der Waals surface area contributed by atoms with Crippen LogP contribution in [0.25, 0.3) is 0 Å². The van der Waals surface area contributed by atoms with Crippen molar-refractivity contribution in [3.63, 3.8) is 0 Å². The summed E-state index contributed by atoms with van der Waals surface area (Å²) in [6, 6.07) is 12.0. The fraction of sp³-hybridized carbons (Fsp3) is 0.353. The first-order valence-corrected chi connectivity index (χ1v) is 8.53. The topological polar surface area (TPSA) is 32.3 Å². The molecule has 2 aromatic rings. The number of halogens is 1. The van der Waals surface area contributed by atoms with Crippen molar-refractivity contribution >= 4 is 28.8 Å². The van der Waals surface area contributed by atoms with Gasteiger partial charge in [0, 0.05) is 22.9 Å². The smallest absolute Gasteiger partial charge is 0.220 e. The zero-order valence-corrected chi connectivity index (χ0v) is 14.5.